The maximum atomic E-state index is 13.8. The van der Waals surface area contributed by atoms with Crippen molar-refractivity contribution in [1.29, 1.82) is 0 Å². The maximum Gasteiger partial charge on any atom is 0.409 e. The zero-order valence-corrected chi connectivity index (χ0v) is 18.1. The Balaban J connectivity index is 1.83. The number of nitrogens with one attached hydrogen (secondary N) is 2. The zero-order chi connectivity index (χ0) is 23.0. The minimum Gasteiger partial charge on any atom is -0.484 e. The van der Waals surface area contributed by atoms with Crippen LogP contribution >= 0.6 is 0 Å². The standard InChI is InChI=1S/C20H21N5O6S/c1-12-19(24-8-4-3-5-18(24)22-12)32(29,30)25-11-15(10-21-13(2)26)31-17-7-6-14(9-16(17)25)23-20(27)28/h3-9,15,23H,10-11H2,1-2H3,(H,21,26)(H,27,28). The molecule has 0 aliphatic carbocycles. The quantitative estimate of drug-likeness (QED) is 0.528. The Hall–Kier alpha value is -3.80. The number of hydrogen-bond donors (Lipinski definition) is 3. The number of pyridine rings is 1. The highest BCUT2D eigenvalue weighted by atomic mass is 32.2. The number of carboxylic acid groups (broad SMARTS) is 1. The van der Waals surface area contributed by atoms with Gasteiger partial charge in [0.15, 0.2) is 5.03 Å². The van der Waals surface area contributed by atoms with Crippen molar-refractivity contribution >= 4 is 39.0 Å². The van der Waals surface area contributed by atoms with E-state index in [0.29, 0.717) is 11.3 Å². The number of imidazole rings is 1. The lowest BCUT2D eigenvalue weighted by Crippen LogP contribution is -2.48. The molecule has 0 saturated carbocycles. The Morgan fingerprint density at radius 2 is 2.06 bits per heavy atom. The summed E-state index contributed by atoms with van der Waals surface area (Å²) in [5, 5.41) is 13.9. The lowest BCUT2D eigenvalue weighted by Gasteiger charge is -2.35. The van der Waals surface area contributed by atoms with Gasteiger partial charge >= 0.3 is 6.09 Å². The number of carbonyl (C=O) groups is 2. The van der Waals surface area contributed by atoms with Gasteiger partial charge < -0.3 is 15.2 Å². The number of amides is 2. The lowest BCUT2D eigenvalue weighted by molar-refractivity contribution is -0.119. The second-order valence-corrected chi connectivity index (χ2v) is 9.03. The highest BCUT2D eigenvalue weighted by molar-refractivity contribution is 7.92. The summed E-state index contributed by atoms with van der Waals surface area (Å²) in [6.45, 7) is 2.98. The first kappa shape index (κ1) is 21.4. The van der Waals surface area contributed by atoms with E-state index in [9.17, 15) is 18.0 Å². The molecule has 12 heteroatoms. The number of benzene rings is 1. The summed E-state index contributed by atoms with van der Waals surface area (Å²) < 4.78 is 36.2. The molecule has 11 nitrogen and oxygen atoms in total. The number of aromatic nitrogens is 2. The number of anilines is 2. The van der Waals surface area contributed by atoms with Gasteiger partial charge in [-0.1, -0.05) is 6.07 Å². The number of rotatable bonds is 5. The molecule has 2 aromatic heterocycles. The van der Waals surface area contributed by atoms with Crippen molar-refractivity contribution in [2.75, 3.05) is 22.7 Å². The molecule has 1 atom stereocenters. The van der Waals surface area contributed by atoms with Gasteiger partial charge in [0.1, 0.15) is 17.5 Å². The minimum atomic E-state index is -4.14. The molecule has 2 amide bonds. The van der Waals surface area contributed by atoms with E-state index in [2.05, 4.69) is 15.6 Å². The minimum absolute atomic E-state index is 0.00387. The molecule has 3 heterocycles. The van der Waals surface area contributed by atoms with Crippen LogP contribution in [0.5, 0.6) is 5.75 Å². The largest absolute Gasteiger partial charge is 0.484 e. The van der Waals surface area contributed by atoms with Crippen LogP contribution in [0.4, 0.5) is 16.2 Å². The van der Waals surface area contributed by atoms with Gasteiger partial charge in [-0.25, -0.2) is 9.78 Å². The highest BCUT2D eigenvalue weighted by Gasteiger charge is 2.37. The molecular formula is C20H21N5O6S. The predicted molar refractivity (Wildman–Crippen MR) is 116 cm³/mol. The van der Waals surface area contributed by atoms with Crippen LogP contribution in [0.25, 0.3) is 5.65 Å². The monoisotopic (exact) mass is 459 g/mol. The van der Waals surface area contributed by atoms with Gasteiger partial charge in [-0.05, 0) is 37.3 Å². The lowest BCUT2D eigenvalue weighted by atomic mass is 10.2. The first-order chi connectivity index (χ1) is 15.2. The van der Waals surface area contributed by atoms with Crippen molar-refractivity contribution in [2.24, 2.45) is 0 Å². The first-order valence-corrected chi connectivity index (χ1v) is 11.1. The first-order valence-electron chi connectivity index (χ1n) is 9.68. The molecule has 1 unspecified atom stereocenters. The fourth-order valence-electron chi connectivity index (χ4n) is 3.61. The number of carbonyl (C=O) groups excluding carboxylic acids is 1. The molecule has 1 aliphatic heterocycles. The Labute approximate surface area is 183 Å². The Morgan fingerprint density at radius 3 is 2.78 bits per heavy atom. The molecule has 3 aromatic rings. The summed E-state index contributed by atoms with van der Waals surface area (Å²) >= 11 is 0. The number of hydrogen-bond acceptors (Lipinski definition) is 6. The van der Waals surface area contributed by atoms with Gasteiger partial charge in [0, 0.05) is 18.8 Å². The van der Waals surface area contributed by atoms with Gasteiger partial charge in [0.05, 0.1) is 24.5 Å². The number of ether oxygens (including phenoxy) is 1. The SMILES string of the molecule is CC(=O)NCC1CN(S(=O)(=O)c2c(C)nc3ccccn23)c2cc(NC(=O)O)ccc2O1. The average Bonchev–Trinajstić information content (AvgIpc) is 3.07. The van der Waals surface area contributed by atoms with Crippen molar-refractivity contribution in [2.45, 2.75) is 25.0 Å². The van der Waals surface area contributed by atoms with E-state index in [1.54, 1.807) is 31.3 Å². The number of nitrogens with zero attached hydrogens (tertiary/aromatic N) is 3. The normalized spacial score (nSPS) is 15.7. The Morgan fingerprint density at radius 1 is 1.28 bits per heavy atom. The molecule has 0 saturated heterocycles. The molecule has 4 rings (SSSR count). The summed E-state index contributed by atoms with van der Waals surface area (Å²) in [4.78, 5) is 26.8. The fourth-order valence-corrected chi connectivity index (χ4v) is 5.41. The third-order valence-electron chi connectivity index (χ3n) is 4.90. The molecule has 3 N–H and O–H groups in total. The van der Waals surface area contributed by atoms with Crippen molar-refractivity contribution in [3.05, 3.63) is 48.3 Å². The molecule has 32 heavy (non-hydrogen) atoms. The molecule has 0 spiro atoms. The van der Waals surface area contributed by atoms with E-state index >= 15 is 0 Å². The molecule has 0 bridgehead atoms. The summed E-state index contributed by atoms with van der Waals surface area (Å²) in [7, 11) is -4.14. The van der Waals surface area contributed by atoms with Crippen LogP contribution in [0.2, 0.25) is 0 Å². The number of fused-ring (bicyclic) bond motifs is 2. The van der Waals surface area contributed by atoms with Gasteiger partial charge in [0.25, 0.3) is 10.0 Å². The highest BCUT2D eigenvalue weighted by Crippen LogP contribution is 2.39. The maximum absolute atomic E-state index is 13.8. The molecule has 168 valence electrons. The van der Waals surface area contributed by atoms with E-state index in [4.69, 9.17) is 9.84 Å². The van der Waals surface area contributed by atoms with Crippen molar-refractivity contribution in [3.63, 3.8) is 0 Å². The van der Waals surface area contributed by atoms with Crippen LogP contribution in [0.3, 0.4) is 0 Å². The van der Waals surface area contributed by atoms with Gasteiger partial charge in [-0.2, -0.15) is 8.42 Å². The predicted octanol–water partition coefficient (Wildman–Crippen LogP) is 1.83. The Kier molecular flexibility index (Phi) is 5.38. The third kappa shape index (κ3) is 3.91. The van der Waals surface area contributed by atoms with E-state index in [-0.39, 0.29) is 41.1 Å². The number of aryl methyl sites for hydroxylation is 1. The molecule has 0 fully saturated rings. The summed E-state index contributed by atoms with van der Waals surface area (Å²) in [5.74, 6) is -0.0231. The van der Waals surface area contributed by atoms with E-state index < -0.39 is 22.2 Å². The van der Waals surface area contributed by atoms with Crippen LogP contribution in [0.15, 0.2) is 47.6 Å². The summed E-state index contributed by atoms with van der Waals surface area (Å²) in [6, 6.07) is 9.52. The fraction of sp³-hybridized carbons (Fsp3) is 0.250. The molecule has 1 aliphatic rings. The van der Waals surface area contributed by atoms with Gasteiger partial charge in [-0.15, -0.1) is 0 Å². The molecular weight excluding hydrogens is 438 g/mol. The zero-order valence-electron chi connectivity index (χ0n) is 17.3. The van der Waals surface area contributed by atoms with E-state index in [1.165, 1.54) is 29.5 Å². The second-order valence-electron chi connectivity index (χ2n) is 7.26. The van der Waals surface area contributed by atoms with Crippen molar-refractivity contribution < 1.29 is 27.9 Å². The van der Waals surface area contributed by atoms with Crippen molar-refractivity contribution in [1.82, 2.24) is 14.7 Å². The van der Waals surface area contributed by atoms with Crippen LogP contribution in [0.1, 0.15) is 12.6 Å². The third-order valence-corrected chi connectivity index (χ3v) is 6.81. The smallest absolute Gasteiger partial charge is 0.409 e. The molecule has 0 radical (unpaired) electrons. The molecule has 1 aromatic carbocycles. The van der Waals surface area contributed by atoms with Crippen LogP contribution in [-0.4, -0.2) is 54.1 Å². The van der Waals surface area contributed by atoms with E-state index in [1.807, 2.05) is 0 Å². The van der Waals surface area contributed by atoms with Crippen molar-refractivity contribution in [3.8, 4) is 5.75 Å². The second kappa shape index (κ2) is 8.04. The average molecular weight is 459 g/mol. The summed E-state index contributed by atoms with van der Waals surface area (Å²) in [6.07, 6.45) is -0.322. The Bertz CT molecular complexity index is 1320. The number of sulfonamides is 1. The topological polar surface area (TPSA) is 142 Å². The van der Waals surface area contributed by atoms with Gasteiger partial charge in [0.2, 0.25) is 5.91 Å². The summed E-state index contributed by atoms with van der Waals surface area (Å²) in [5.41, 5.74) is 1.17. The van der Waals surface area contributed by atoms with E-state index in [0.717, 1.165) is 4.31 Å². The van der Waals surface area contributed by atoms with Gasteiger partial charge in [-0.3, -0.25) is 18.8 Å². The van der Waals surface area contributed by atoms with Crippen LogP contribution in [0, 0.1) is 6.92 Å². The van der Waals surface area contributed by atoms with Crippen LogP contribution in [-0.2, 0) is 14.8 Å². The van der Waals surface area contributed by atoms with Crippen LogP contribution < -0.4 is 19.7 Å².